The van der Waals surface area contributed by atoms with Gasteiger partial charge in [0.2, 0.25) is 0 Å². The molecule has 0 fully saturated rings. The lowest BCUT2D eigenvalue weighted by molar-refractivity contribution is 0.677. The molecular weight excluding hydrogens is 254 g/mol. The maximum absolute atomic E-state index is 5.95. The van der Waals surface area contributed by atoms with Gasteiger partial charge < -0.3 is 5.32 Å². The van der Waals surface area contributed by atoms with E-state index in [0.717, 1.165) is 17.9 Å². The number of hydrogen-bond acceptors (Lipinski definition) is 1. The van der Waals surface area contributed by atoms with Crippen molar-refractivity contribution in [3.05, 3.63) is 64.7 Å². The summed E-state index contributed by atoms with van der Waals surface area (Å²) in [5.41, 5.74) is 3.73. The van der Waals surface area contributed by atoms with Crippen LogP contribution in [0.5, 0.6) is 0 Å². The van der Waals surface area contributed by atoms with Crippen LogP contribution in [-0.4, -0.2) is 0 Å². The van der Waals surface area contributed by atoms with E-state index in [-0.39, 0.29) is 0 Å². The maximum Gasteiger partial charge on any atom is 0.0513 e. The fourth-order valence-corrected chi connectivity index (χ4v) is 2.37. The zero-order valence-corrected chi connectivity index (χ0v) is 12.2. The summed E-state index contributed by atoms with van der Waals surface area (Å²) < 4.78 is 0. The van der Waals surface area contributed by atoms with E-state index in [0.29, 0.717) is 6.04 Å². The van der Waals surface area contributed by atoms with Crippen LogP contribution in [0.3, 0.4) is 0 Å². The van der Waals surface area contributed by atoms with Crippen molar-refractivity contribution in [2.75, 3.05) is 5.32 Å². The standard InChI is InChI=1S/C17H20ClN/c1-3-5-17(14-8-10-15(18)11-9-14)19-16-7-4-6-13(2)12-16/h4,6-12,17,19H,3,5H2,1-2H3. The molecule has 2 aromatic rings. The summed E-state index contributed by atoms with van der Waals surface area (Å²) in [6.45, 7) is 4.32. The lowest BCUT2D eigenvalue weighted by Crippen LogP contribution is -2.10. The largest absolute Gasteiger partial charge is 0.378 e. The number of rotatable bonds is 5. The molecule has 19 heavy (non-hydrogen) atoms. The van der Waals surface area contributed by atoms with Crippen molar-refractivity contribution in [2.24, 2.45) is 0 Å². The van der Waals surface area contributed by atoms with Gasteiger partial charge in [-0.2, -0.15) is 0 Å². The number of nitrogens with one attached hydrogen (secondary N) is 1. The van der Waals surface area contributed by atoms with Crippen LogP contribution in [0.25, 0.3) is 0 Å². The van der Waals surface area contributed by atoms with E-state index in [2.05, 4.69) is 55.6 Å². The first kappa shape index (κ1) is 14.0. The van der Waals surface area contributed by atoms with Crippen molar-refractivity contribution in [1.29, 1.82) is 0 Å². The second kappa shape index (κ2) is 6.63. The summed E-state index contributed by atoms with van der Waals surface area (Å²) in [5.74, 6) is 0. The minimum Gasteiger partial charge on any atom is -0.378 e. The molecule has 0 saturated carbocycles. The Morgan fingerprint density at radius 3 is 2.47 bits per heavy atom. The number of aryl methyl sites for hydroxylation is 1. The summed E-state index contributed by atoms with van der Waals surface area (Å²) in [4.78, 5) is 0. The Labute approximate surface area is 120 Å². The first-order chi connectivity index (χ1) is 9.19. The number of hydrogen-bond donors (Lipinski definition) is 1. The molecule has 0 bridgehead atoms. The highest BCUT2D eigenvalue weighted by Gasteiger charge is 2.10. The van der Waals surface area contributed by atoms with E-state index >= 15 is 0 Å². The summed E-state index contributed by atoms with van der Waals surface area (Å²) in [7, 11) is 0. The van der Waals surface area contributed by atoms with Gasteiger partial charge in [0.05, 0.1) is 6.04 Å². The zero-order chi connectivity index (χ0) is 13.7. The van der Waals surface area contributed by atoms with Crippen LogP contribution in [0, 0.1) is 6.92 Å². The van der Waals surface area contributed by atoms with Gasteiger partial charge in [0.1, 0.15) is 0 Å². The quantitative estimate of drug-likeness (QED) is 0.747. The fourth-order valence-electron chi connectivity index (χ4n) is 2.24. The Kier molecular flexibility index (Phi) is 4.86. The van der Waals surface area contributed by atoms with Gasteiger partial charge in [-0.3, -0.25) is 0 Å². The minimum absolute atomic E-state index is 0.337. The summed E-state index contributed by atoms with van der Waals surface area (Å²) in [6.07, 6.45) is 2.25. The number of anilines is 1. The molecule has 2 aromatic carbocycles. The molecule has 0 aliphatic rings. The van der Waals surface area contributed by atoms with Crippen molar-refractivity contribution in [1.82, 2.24) is 0 Å². The monoisotopic (exact) mass is 273 g/mol. The molecule has 0 aromatic heterocycles. The van der Waals surface area contributed by atoms with E-state index in [1.807, 2.05) is 12.1 Å². The Bertz CT molecular complexity index is 519. The summed E-state index contributed by atoms with van der Waals surface area (Å²) in [6, 6.07) is 16.9. The normalized spacial score (nSPS) is 12.2. The smallest absolute Gasteiger partial charge is 0.0513 e. The molecule has 1 atom stereocenters. The Morgan fingerprint density at radius 2 is 1.84 bits per heavy atom. The molecule has 0 spiro atoms. The van der Waals surface area contributed by atoms with Gasteiger partial charge in [-0.25, -0.2) is 0 Å². The Morgan fingerprint density at radius 1 is 1.11 bits per heavy atom. The van der Waals surface area contributed by atoms with E-state index in [1.54, 1.807) is 0 Å². The second-order valence-corrected chi connectivity index (χ2v) is 5.34. The third-order valence-electron chi connectivity index (χ3n) is 3.21. The third-order valence-corrected chi connectivity index (χ3v) is 3.46. The molecule has 0 heterocycles. The van der Waals surface area contributed by atoms with E-state index in [4.69, 9.17) is 11.6 Å². The molecule has 0 saturated heterocycles. The molecular formula is C17H20ClN. The maximum atomic E-state index is 5.95. The first-order valence-corrected chi connectivity index (χ1v) is 7.15. The second-order valence-electron chi connectivity index (χ2n) is 4.91. The molecule has 0 amide bonds. The van der Waals surface area contributed by atoms with Gasteiger partial charge >= 0.3 is 0 Å². The highest BCUT2D eigenvalue weighted by molar-refractivity contribution is 6.30. The van der Waals surface area contributed by atoms with E-state index in [1.165, 1.54) is 16.8 Å². The molecule has 2 heteroatoms. The predicted molar refractivity (Wildman–Crippen MR) is 83.9 cm³/mol. The molecule has 1 nitrogen and oxygen atoms in total. The Hall–Kier alpha value is -1.47. The van der Waals surface area contributed by atoms with Gasteiger partial charge in [0.25, 0.3) is 0 Å². The molecule has 0 aliphatic carbocycles. The van der Waals surface area contributed by atoms with Crippen molar-refractivity contribution >= 4 is 17.3 Å². The van der Waals surface area contributed by atoms with Crippen molar-refractivity contribution in [2.45, 2.75) is 32.7 Å². The number of benzene rings is 2. The lowest BCUT2D eigenvalue weighted by Gasteiger charge is -2.20. The Balaban J connectivity index is 2.18. The van der Waals surface area contributed by atoms with Gasteiger partial charge in [0.15, 0.2) is 0 Å². The van der Waals surface area contributed by atoms with Crippen molar-refractivity contribution < 1.29 is 0 Å². The van der Waals surface area contributed by atoms with E-state index < -0.39 is 0 Å². The average Bonchev–Trinajstić information content (AvgIpc) is 2.39. The predicted octanol–water partition coefficient (Wildman–Crippen LogP) is 5.60. The average molecular weight is 274 g/mol. The fraction of sp³-hybridized carbons (Fsp3) is 0.294. The van der Waals surface area contributed by atoms with E-state index in [9.17, 15) is 0 Å². The van der Waals surface area contributed by atoms with Crippen LogP contribution >= 0.6 is 11.6 Å². The van der Waals surface area contributed by atoms with Crippen LogP contribution < -0.4 is 5.32 Å². The van der Waals surface area contributed by atoms with Crippen molar-refractivity contribution in [3.8, 4) is 0 Å². The van der Waals surface area contributed by atoms with Crippen LogP contribution in [0.15, 0.2) is 48.5 Å². The topological polar surface area (TPSA) is 12.0 Å². The summed E-state index contributed by atoms with van der Waals surface area (Å²) >= 11 is 5.95. The molecule has 1 N–H and O–H groups in total. The van der Waals surface area contributed by atoms with Crippen LogP contribution in [-0.2, 0) is 0 Å². The zero-order valence-electron chi connectivity index (χ0n) is 11.5. The van der Waals surface area contributed by atoms with Gasteiger partial charge in [-0.1, -0.05) is 49.2 Å². The molecule has 1 unspecified atom stereocenters. The van der Waals surface area contributed by atoms with Crippen molar-refractivity contribution in [3.63, 3.8) is 0 Å². The van der Waals surface area contributed by atoms with Gasteiger partial charge in [-0.05, 0) is 48.7 Å². The molecule has 0 aliphatic heterocycles. The molecule has 0 radical (unpaired) electrons. The molecule has 100 valence electrons. The van der Waals surface area contributed by atoms with Gasteiger partial charge in [-0.15, -0.1) is 0 Å². The lowest BCUT2D eigenvalue weighted by atomic mass is 10.0. The van der Waals surface area contributed by atoms with Gasteiger partial charge in [0, 0.05) is 10.7 Å². The van der Waals surface area contributed by atoms with Crippen LogP contribution in [0.1, 0.15) is 36.9 Å². The molecule has 2 rings (SSSR count). The highest BCUT2D eigenvalue weighted by Crippen LogP contribution is 2.25. The summed E-state index contributed by atoms with van der Waals surface area (Å²) in [5, 5.41) is 4.40. The SMILES string of the molecule is CCCC(Nc1cccc(C)c1)c1ccc(Cl)cc1. The van der Waals surface area contributed by atoms with Crippen LogP contribution in [0.4, 0.5) is 5.69 Å². The minimum atomic E-state index is 0.337. The highest BCUT2D eigenvalue weighted by atomic mass is 35.5. The number of halogens is 1. The third kappa shape index (κ3) is 4.00. The first-order valence-electron chi connectivity index (χ1n) is 6.77. The van der Waals surface area contributed by atoms with Crippen LogP contribution in [0.2, 0.25) is 5.02 Å².